The van der Waals surface area contributed by atoms with Crippen molar-refractivity contribution in [1.82, 2.24) is 10.6 Å². The van der Waals surface area contributed by atoms with E-state index in [9.17, 15) is 9.59 Å². The largest absolute Gasteiger partial charge is 0.351 e. The van der Waals surface area contributed by atoms with Crippen molar-refractivity contribution in [2.24, 2.45) is 22.7 Å². The molecule has 4 fully saturated rings. The summed E-state index contributed by atoms with van der Waals surface area (Å²) >= 11 is 11.9. The molecule has 0 unspecified atom stereocenters. The standard InChI is InChI=1S/C26H28Cl2N2O2/c27-21-5-1-19(2-6-21)23(31)29-15-25-10-17-9-18(11-25)13-26(12-17,14-25)16-30-24(32)20-3-7-22(28)8-4-20/h1-8,17-18H,9-16H2,(H,29,31)(H,30,32). The van der Waals surface area contributed by atoms with Gasteiger partial charge in [-0.05, 0) is 110 Å². The molecule has 0 aromatic heterocycles. The third kappa shape index (κ3) is 4.40. The first kappa shape index (κ1) is 21.8. The molecule has 4 saturated carbocycles. The van der Waals surface area contributed by atoms with Crippen LogP contribution >= 0.6 is 23.2 Å². The number of halogens is 2. The minimum Gasteiger partial charge on any atom is -0.351 e. The van der Waals surface area contributed by atoms with Crippen LogP contribution < -0.4 is 10.6 Å². The monoisotopic (exact) mass is 470 g/mol. The van der Waals surface area contributed by atoms with Crippen molar-refractivity contribution in [2.45, 2.75) is 38.5 Å². The zero-order chi connectivity index (χ0) is 22.3. The molecule has 0 spiro atoms. The van der Waals surface area contributed by atoms with E-state index in [0.29, 0.717) is 46.1 Å². The Hall–Kier alpha value is -2.04. The van der Waals surface area contributed by atoms with Crippen molar-refractivity contribution in [3.63, 3.8) is 0 Å². The van der Waals surface area contributed by atoms with Gasteiger partial charge in [-0.15, -0.1) is 0 Å². The van der Waals surface area contributed by atoms with E-state index in [4.69, 9.17) is 23.2 Å². The van der Waals surface area contributed by atoms with Crippen molar-refractivity contribution in [3.05, 3.63) is 69.7 Å². The fourth-order valence-corrected chi connectivity index (χ4v) is 7.26. The second-order valence-corrected chi connectivity index (χ2v) is 11.2. The average molecular weight is 471 g/mol. The minimum absolute atomic E-state index is 0.0393. The summed E-state index contributed by atoms with van der Waals surface area (Å²) in [7, 11) is 0. The van der Waals surface area contributed by atoms with Crippen LogP contribution in [0.5, 0.6) is 0 Å². The molecule has 6 rings (SSSR count). The van der Waals surface area contributed by atoms with Gasteiger partial charge in [-0.25, -0.2) is 0 Å². The van der Waals surface area contributed by atoms with Gasteiger partial charge >= 0.3 is 0 Å². The molecule has 2 aromatic carbocycles. The van der Waals surface area contributed by atoms with Gasteiger partial charge in [0.15, 0.2) is 0 Å². The summed E-state index contributed by atoms with van der Waals surface area (Å²) in [4.78, 5) is 25.4. The molecule has 0 saturated heterocycles. The van der Waals surface area contributed by atoms with Crippen LogP contribution in [0.15, 0.2) is 48.5 Å². The predicted molar refractivity (Wildman–Crippen MR) is 127 cm³/mol. The van der Waals surface area contributed by atoms with Crippen molar-refractivity contribution in [2.75, 3.05) is 13.1 Å². The smallest absolute Gasteiger partial charge is 0.251 e. The van der Waals surface area contributed by atoms with E-state index in [0.717, 1.165) is 6.42 Å². The lowest BCUT2D eigenvalue weighted by molar-refractivity contribution is -0.105. The molecule has 0 atom stereocenters. The Kier molecular flexibility index (Phi) is 5.71. The highest BCUT2D eigenvalue weighted by Gasteiger charge is 2.57. The zero-order valence-corrected chi connectivity index (χ0v) is 19.5. The van der Waals surface area contributed by atoms with E-state index in [1.54, 1.807) is 48.5 Å². The van der Waals surface area contributed by atoms with Gasteiger partial charge in [0.1, 0.15) is 0 Å². The second-order valence-electron chi connectivity index (χ2n) is 10.3. The van der Waals surface area contributed by atoms with Crippen molar-refractivity contribution >= 4 is 35.0 Å². The molecule has 4 aliphatic carbocycles. The summed E-state index contributed by atoms with van der Waals surface area (Å²) in [5.74, 6) is 1.30. The van der Waals surface area contributed by atoms with Gasteiger partial charge in [0.2, 0.25) is 0 Å². The number of nitrogens with one attached hydrogen (secondary N) is 2. The van der Waals surface area contributed by atoms with Crippen molar-refractivity contribution in [1.29, 1.82) is 0 Å². The van der Waals surface area contributed by atoms with Crippen molar-refractivity contribution in [3.8, 4) is 0 Å². The molecular weight excluding hydrogens is 443 g/mol. The van der Waals surface area contributed by atoms with Crippen LogP contribution in [0.3, 0.4) is 0 Å². The average Bonchev–Trinajstić information content (AvgIpc) is 2.76. The Morgan fingerprint density at radius 2 is 1.09 bits per heavy atom. The number of hydrogen-bond acceptors (Lipinski definition) is 2. The van der Waals surface area contributed by atoms with Crippen LogP contribution in [0, 0.1) is 22.7 Å². The molecule has 6 heteroatoms. The normalized spacial score (nSPS) is 30.2. The van der Waals surface area contributed by atoms with Crippen LogP contribution in [0.2, 0.25) is 10.0 Å². The maximum absolute atomic E-state index is 12.7. The molecule has 168 valence electrons. The summed E-state index contributed by atoms with van der Waals surface area (Å²) in [6.07, 6.45) is 7.07. The number of hydrogen-bond donors (Lipinski definition) is 2. The Labute approximate surface area is 199 Å². The van der Waals surface area contributed by atoms with E-state index >= 15 is 0 Å². The van der Waals surface area contributed by atoms with Gasteiger partial charge in [-0.2, -0.15) is 0 Å². The summed E-state index contributed by atoms with van der Waals surface area (Å²) in [5, 5.41) is 7.67. The highest BCUT2D eigenvalue weighted by atomic mass is 35.5. The lowest BCUT2D eigenvalue weighted by Crippen LogP contribution is -2.58. The molecule has 2 aromatic rings. The van der Waals surface area contributed by atoms with Crippen LogP contribution in [0.25, 0.3) is 0 Å². The van der Waals surface area contributed by atoms with Crippen LogP contribution in [0.4, 0.5) is 0 Å². The molecule has 4 nitrogen and oxygen atoms in total. The van der Waals surface area contributed by atoms with E-state index in [1.807, 2.05) is 0 Å². The van der Waals surface area contributed by atoms with Gasteiger partial charge in [-0.1, -0.05) is 23.2 Å². The third-order valence-corrected chi connectivity index (χ3v) is 8.27. The molecular formula is C26H28Cl2N2O2. The predicted octanol–water partition coefficient (Wildman–Crippen LogP) is 5.74. The molecule has 2 amide bonds. The maximum atomic E-state index is 12.7. The topological polar surface area (TPSA) is 58.2 Å². The number of amides is 2. The highest BCUT2D eigenvalue weighted by molar-refractivity contribution is 6.31. The number of rotatable bonds is 6. The second kappa shape index (κ2) is 8.39. The van der Waals surface area contributed by atoms with Crippen molar-refractivity contribution < 1.29 is 9.59 Å². The van der Waals surface area contributed by atoms with Crippen LogP contribution in [-0.2, 0) is 0 Å². The Morgan fingerprint density at radius 1 is 0.719 bits per heavy atom. The summed E-state index contributed by atoms with van der Waals surface area (Å²) < 4.78 is 0. The molecule has 4 aliphatic rings. The van der Waals surface area contributed by atoms with Crippen LogP contribution in [0.1, 0.15) is 59.2 Å². The first-order valence-electron chi connectivity index (χ1n) is 11.4. The molecule has 4 bridgehead atoms. The molecule has 32 heavy (non-hydrogen) atoms. The Bertz CT molecular complexity index is 926. The first-order valence-corrected chi connectivity index (χ1v) is 12.2. The first-order chi connectivity index (χ1) is 15.3. The molecule has 0 radical (unpaired) electrons. The summed E-state index contributed by atoms with van der Waals surface area (Å²) in [6.45, 7) is 1.41. The van der Waals surface area contributed by atoms with Gasteiger partial charge in [0.05, 0.1) is 0 Å². The summed E-state index contributed by atoms with van der Waals surface area (Å²) in [6, 6.07) is 14.1. The number of carbonyl (C=O) groups excluding carboxylic acids is 2. The maximum Gasteiger partial charge on any atom is 0.251 e. The quantitative estimate of drug-likeness (QED) is 0.565. The minimum atomic E-state index is -0.0393. The molecule has 0 heterocycles. The highest BCUT2D eigenvalue weighted by Crippen LogP contribution is 2.64. The van der Waals surface area contributed by atoms with Gasteiger partial charge in [0.25, 0.3) is 11.8 Å². The fourth-order valence-electron chi connectivity index (χ4n) is 7.01. The SMILES string of the molecule is O=C(NCC12CC3CC(C1)CC(CNC(=O)c1ccc(Cl)cc1)(C3)C2)c1ccc(Cl)cc1. The Balaban J connectivity index is 1.25. The fraction of sp³-hybridized carbons (Fsp3) is 0.462. The molecule has 0 aliphatic heterocycles. The van der Waals surface area contributed by atoms with Gasteiger partial charge in [0, 0.05) is 34.3 Å². The van der Waals surface area contributed by atoms with E-state index < -0.39 is 0 Å². The Morgan fingerprint density at radius 3 is 1.47 bits per heavy atom. The third-order valence-electron chi connectivity index (χ3n) is 7.76. The van der Waals surface area contributed by atoms with Gasteiger partial charge in [-0.3, -0.25) is 9.59 Å². The van der Waals surface area contributed by atoms with E-state index in [1.165, 1.54) is 32.1 Å². The van der Waals surface area contributed by atoms with Gasteiger partial charge < -0.3 is 10.6 Å². The molecule has 2 N–H and O–H groups in total. The van der Waals surface area contributed by atoms with E-state index in [2.05, 4.69) is 10.6 Å². The lowest BCUT2D eigenvalue weighted by atomic mass is 9.44. The summed E-state index contributed by atoms with van der Waals surface area (Å²) in [5.41, 5.74) is 1.56. The van der Waals surface area contributed by atoms with E-state index in [-0.39, 0.29) is 22.6 Å². The zero-order valence-electron chi connectivity index (χ0n) is 18.0. The number of carbonyl (C=O) groups is 2. The lowest BCUT2D eigenvalue weighted by Gasteiger charge is -2.62. The van der Waals surface area contributed by atoms with Crippen LogP contribution in [-0.4, -0.2) is 24.9 Å². The number of benzene rings is 2.